The molecule has 1 aromatic carbocycles. The number of ether oxygens (including phenoxy) is 1. The number of para-hydroxylation sites is 1. The minimum absolute atomic E-state index is 0.179. The predicted molar refractivity (Wildman–Crippen MR) is 78.5 cm³/mol. The number of hydrogen-bond acceptors (Lipinski definition) is 4. The van der Waals surface area contributed by atoms with Gasteiger partial charge in [0, 0.05) is 13.2 Å². The fourth-order valence-electron chi connectivity index (χ4n) is 2.02. The summed E-state index contributed by atoms with van der Waals surface area (Å²) in [5.41, 5.74) is 1.03. The molecule has 2 aromatic heterocycles. The van der Waals surface area contributed by atoms with Crippen molar-refractivity contribution in [3.05, 3.63) is 54.9 Å². The van der Waals surface area contributed by atoms with Crippen molar-refractivity contribution >= 4 is 0 Å². The van der Waals surface area contributed by atoms with Crippen molar-refractivity contribution in [3.8, 4) is 34.4 Å². The summed E-state index contributed by atoms with van der Waals surface area (Å²) in [5.74, 6) is 0.968. The maximum Gasteiger partial charge on any atom is 0.235 e. The molecule has 2 heterocycles. The van der Waals surface area contributed by atoms with E-state index in [2.05, 4.69) is 4.98 Å². The highest BCUT2D eigenvalue weighted by atomic mass is 16.5. The van der Waals surface area contributed by atoms with E-state index < -0.39 is 0 Å². The molecule has 0 saturated carbocycles. The lowest BCUT2D eigenvalue weighted by atomic mass is 10.2. The summed E-state index contributed by atoms with van der Waals surface area (Å²) in [6.07, 6.45) is 3.19. The number of hydrogen-bond donors (Lipinski definition) is 2. The van der Waals surface area contributed by atoms with E-state index in [1.807, 2.05) is 30.3 Å². The van der Waals surface area contributed by atoms with Crippen LogP contribution in [0.2, 0.25) is 0 Å². The molecule has 5 nitrogen and oxygen atoms in total. The second kappa shape index (κ2) is 5.20. The molecule has 3 aromatic rings. The summed E-state index contributed by atoms with van der Waals surface area (Å²) in [6.45, 7) is 0. The van der Waals surface area contributed by atoms with Crippen LogP contribution in [0, 0.1) is 0 Å². The number of benzene rings is 1. The third-order valence-electron chi connectivity index (χ3n) is 3.11. The first kappa shape index (κ1) is 13.1. The van der Waals surface area contributed by atoms with Gasteiger partial charge in [0.15, 0.2) is 5.75 Å². The zero-order chi connectivity index (χ0) is 14.8. The fourth-order valence-corrected chi connectivity index (χ4v) is 2.02. The van der Waals surface area contributed by atoms with Gasteiger partial charge in [0.25, 0.3) is 0 Å². The predicted octanol–water partition coefficient (Wildman–Crippen LogP) is 3.29. The number of aryl methyl sites for hydroxylation is 1. The van der Waals surface area contributed by atoms with Gasteiger partial charge in [-0.1, -0.05) is 18.2 Å². The molecule has 2 N–H and O–H groups in total. The topological polar surface area (TPSA) is 67.5 Å². The van der Waals surface area contributed by atoms with E-state index in [-0.39, 0.29) is 11.6 Å². The molecule has 0 atom stereocenters. The molecule has 21 heavy (non-hydrogen) atoms. The highest BCUT2D eigenvalue weighted by Crippen LogP contribution is 2.37. The van der Waals surface area contributed by atoms with Gasteiger partial charge in [-0.15, -0.1) is 0 Å². The Balaban J connectivity index is 1.85. The molecule has 0 aliphatic carbocycles. The van der Waals surface area contributed by atoms with E-state index >= 15 is 0 Å². The highest BCUT2D eigenvalue weighted by Gasteiger charge is 2.14. The average molecular weight is 282 g/mol. The van der Waals surface area contributed by atoms with E-state index in [1.165, 1.54) is 4.57 Å². The monoisotopic (exact) mass is 282 g/mol. The van der Waals surface area contributed by atoms with Gasteiger partial charge in [-0.3, -0.25) is 4.98 Å². The van der Waals surface area contributed by atoms with Crippen LogP contribution >= 0.6 is 0 Å². The highest BCUT2D eigenvalue weighted by molar-refractivity contribution is 5.70. The van der Waals surface area contributed by atoms with E-state index in [0.29, 0.717) is 17.0 Å². The Bertz CT molecular complexity index is 749. The number of aromatic hydroxyl groups is 2. The Kier molecular flexibility index (Phi) is 3.23. The van der Waals surface area contributed by atoms with E-state index in [4.69, 9.17) is 4.74 Å². The third-order valence-corrected chi connectivity index (χ3v) is 3.11. The van der Waals surface area contributed by atoms with Crippen LogP contribution in [-0.4, -0.2) is 19.8 Å². The Hall–Kier alpha value is -2.95. The number of aromatic nitrogens is 2. The van der Waals surface area contributed by atoms with Gasteiger partial charge >= 0.3 is 0 Å². The van der Waals surface area contributed by atoms with Crippen molar-refractivity contribution in [1.29, 1.82) is 0 Å². The molecule has 0 bridgehead atoms. The first-order chi connectivity index (χ1) is 10.1. The summed E-state index contributed by atoms with van der Waals surface area (Å²) < 4.78 is 7.08. The maximum absolute atomic E-state index is 9.83. The van der Waals surface area contributed by atoms with Gasteiger partial charge in [-0.05, 0) is 24.3 Å². The molecule has 106 valence electrons. The summed E-state index contributed by atoms with van der Waals surface area (Å²) in [4.78, 5) is 4.25. The summed E-state index contributed by atoms with van der Waals surface area (Å²) >= 11 is 0. The first-order valence-electron chi connectivity index (χ1n) is 6.42. The number of pyridine rings is 1. The average Bonchev–Trinajstić information content (AvgIpc) is 2.77. The van der Waals surface area contributed by atoms with Crippen molar-refractivity contribution < 1.29 is 14.9 Å². The molecule has 0 radical (unpaired) electrons. The second-order valence-electron chi connectivity index (χ2n) is 4.62. The summed E-state index contributed by atoms with van der Waals surface area (Å²) in [6, 6.07) is 12.9. The molecule has 0 fully saturated rings. The quantitative estimate of drug-likeness (QED) is 0.773. The van der Waals surface area contributed by atoms with Gasteiger partial charge in [0.2, 0.25) is 5.88 Å². The van der Waals surface area contributed by atoms with Gasteiger partial charge in [-0.25, -0.2) is 0 Å². The zero-order valence-electron chi connectivity index (χ0n) is 11.4. The molecule has 3 rings (SSSR count). The minimum Gasteiger partial charge on any atom is -0.503 e. The molecular formula is C16H14N2O3. The molecule has 5 heteroatoms. The molecule has 0 amide bonds. The van der Waals surface area contributed by atoms with Gasteiger partial charge in [0.1, 0.15) is 11.5 Å². The van der Waals surface area contributed by atoms with Crippen LogP contribution in [0.3, 0.4) is 0 Å². The van der Waals surface area contributed by atoms with Gasteiger partial charge < -0.3 is 19.5 Å². The van der Waals surface area contributed by atoms with E-state index in [0.717, 1.165) is 5.75 Å². The number of rotatable bonds is 3. The standard InChI is InChI=1S/C16H14N2O3/c1-18-10-13(15(19)16(18)20)14-8-7-12(9-17-14)21-11-5-3-2-4-6-11/h2-10,19-20H,1H3. The van der Waals surface area contributed by atoms with Crippen molar-refractivity contribution in [1.82, 2.24) is 9.55 Å². The summed E-state index contributed by atoms with van der Waals surface area (Å²) in [7, 11) is 1.64. The molecule has 0 aliphatic rings. The lowest BCUT2D eigenvalue weighted by molar-refractivity contribution is 0.381. The Morgan fingerprint density at radius 2 is 1.76 bits per heavy atom. The van der Waals surface area contributed by atoms with Crippen molar-refractivity contribution in [3.63, 3.8) is 0 Å². The van der Waals surface area contributed by atoms with Crippen LogP contribution in [0.15, 0.2) is 54.9 Å². The Morgan fingerprint density at radius 3 is 2.33 bits per heavy atom. The Morgan fingerprint density at radius 1 is 1.00 bits per heavy atom. The Labute approximate surface area is 121 Å². The van der Waals surface area contributed by atoms with Gasteiger partial charge in [-0.2, -0.15) is 0 Å². The van der Waals surface area contributed by atoms with Crippen molar-refractivity contribution in [2.24, 2.45) is 7.05 Å². The maximum atomic E-state index is 9.83. The lowest BCUT2D eigenvalue weighted by Gasteiger charge is -2.05. The molecule has 0 unspecified atom stereocenters. The van der Waals surface area contributed by atoms with Crippen LogP contribution in [-0.2, 0) is 7.05 Å². The first-order valence-corrected chi connectivity index (χ1v) is 6.42. The molecule has 0 spiro atoms. The third kappa shape index (κ3) is 2.53. The van der Waals surface area contributed by atoms with Crippen molar-refractivity contribution in [2.75, 3.05) is 0 Å². The summed E-state index contributed by atoms with van der Waals surface area (Å²) in [5, 5.41) is 19.4. The van der Waals surface area contributed by atoms with E-state index in [9.17, 15) is 10.2 Å². The SMILES string of the molecule is Cn1cc(-c2ccc(Oc3ccccc3)cn2)c(O)c1O. The second-order valence-corrected chi connectivity index (χ2v) is 4.62. The van der Waals surface area contributed by atoms with Crippen LogP contribution in [0.25, 0.3) is 11.3 Å². The van der Waals surface area contributed by atoms with Crippen LogP contribution < -0.4 is 4.74 Å². The zero-order valence-corrected chi connectivity index (χ0v) is 11.4. The fraction of sp³-hybridized carbons (Fsp3) is 0.0625. The normalized spacial score (nSPS) is 10.5. The molecule has 0 aliphatic heterocycles. The van der Waals surface area contributed by atoms with E-state index in [1.54, 1.807) is 31.6 Å². The largest absolute Gasteiger partial charge is 0.503 e. The minimum atomic E-state index is -0.184. The van der Waals surface area contributed by atoms with Gasteiger partial charge in [0.05, 0.1) is 17.5 Å². The van der Waals surface area contributed by atoms with Crippen molar-refractivity contribution in [2.45, 2.75) is 0 Å². The molecular weight excluding hydrogens is 268 g/mol. The smallest absolute Gasteiger partial charge is 0.235 e. The lowest BCUT2D eigenvalue weighted by Crippen LogP contribution is -1.87. The van der Waals surface area contributed by atoms with Crippen LogP contribution in [0.4, 0.5) is 0 Å². The van der Waals surface area contributed by atoms with Crippen LogP contribution in [0.5, 0.6) is 23.1 Å². The van der Waals surface area contributed by atoms with Crippen LogP contribution in [0.1, 0.15) is 0 Å². The number of nitrogens with zero attached hydrogens (tertiary/aromatic N) is 2. The molecule has 0 saturated heterocycles.